The van der Waals surface area contributed by atoms with Crippen molar-refractivity contribution in [2.75, 3.05) is 0 Å². The van der Waals surface area contributed by atoms with E-state index in [2.05, 4.69) is 20.2 Å². The Labute approximate surface area is 188 Å². The summed E-state index contributed by atoms with van der Waals surface area (Å²) in [6.07, 6.45) is 5.22. The van der Waals surface area contributed by atoms with Gasteiger partial charge in [-0.3, -0.25) is 9.55 Å². The van der Waals surface area contributed by atoms with Gasteiger partial charge in [-0.25, -0.2) is 4.98 Å². The zero-order valence-corrected chi connectivity index (χ0v) is 17.8. The van der Waals surface area contributed by atoms with Crippen LogP contribution in [0.5, 0.6) is 0 Å². The van der Waals surface area contributed by atoms with Crippen molar-refractivity contribution in [1.29, 1.82) is 0 Å². The van der Waals surface area contributed by atoms with E-state index in [0.29, 0.717) is 16.7 Å². The van der Waals surface area contributed by atoms with Crippen LogP contribution in [0.2, 0.25) is 5.02 Å². The Morgan fingerprint density at radius 2 is 1.65 bits per heavy atom. The molecule has 5 rings (SSSR count). The van der Waals surface area contributed by atoms with Gasteiger partial charge in [0.05, 0.1) is 11.9 Å². The lowest BCUT2D eigenvalue weighted by Crippen LogP contribution is -1.99. The molecular weight excluding hydrogens is 430 g/mol. The Kier molecular flexibility index (Phi) is 5.52. The van der Waals surface area contributed by atoms with Crippen molar-refractivity contribution in [3.8, 4) is 28.4 Å². The Hall–Kier alpha value is -3.42. The van der Waals surface area contributed by atoms with Crippen LogP contribution < -0.4 is 0 Å². The van der Waals surface area contributed by atoms with E-state index in [4.69, 9.17) is 16.0 Å². The largest absolute Gasteiger partial charge is 0.440 e. The summed E-state index contributed by atoms with van der Waals surface area (Å²) in [5, 5.41) is 10.3. The number of nitrogens with zero attached hydrogens (tertiary/aromatic N) is 5. The minimum Gasteiger partial charge on any atom is -0.440 e. The molecule has 152 valence electrons. The fourth-order valence-electron chi connectivity index (χ4n) is 3.11. The summed E-state index contributed by atoms with van der Waals surface area (Å²) in [7, 11) is 0. The minimum atomic E-state index is 0.523. The number of hydrogen-bond acceptors (Lipinski definition) is 6. The minimum absolute atomic E-state index is 0.523. The Morgan fingerprint density at radius 3 is 2.42 bits per heavy atom. The molecule has 8 heteroatoms. The summed E-state index contributed by atoms with van der Waals surface area (Å²) in [6, 6.07) is 21.3. The summed E-state index contributed by atoms with van der Waals surface area (Å²) in [5.41, 5.74) is 2.84. The molecule has 0 fully saturated rings. The number of pyridine rings is 1. The molecule has 0 saturated carbocycles. The molecule has 31 heavy (non-hydrogen) atoms. The van der Waals surface area contributed by atoms with E-state index < -0.39 is 0 Å². The van der Waals surface area contributed by atoms with Crippen molar-refractivity contribution in [3.63, 3.8) is 0 Å². The van der Waals surface area contributed by atoms with Crippen molar-refractivity contribution >= 4 is 23.4 Å². The van der Waals surface area contributed by atoms with Crippen LogP contribution in [0.15, 0.2) is 94.9 Å². The third kappa shape index (κ3) is 4.23. The maximum Gasteiger partial charge on any atom is 0.205 e. The molecular formula is C23H16ClN5OS. The Morgan fingerprint density at radius 1 is 0.871 bits per heavy atom. The Bertz CT molecular complexity index is 1290. The number of oxazole rings is 1. The SMILES string of the molecule is Clc1ccc(-n2c(SCc3ncc(-c4ccccc4)o3)nnc2-c2ccncc2)cc1. The van der Waals surface area contributed by atoms with Crippen LogP contribution in [-0.4, -0.2) is 24.7 Å². The third-order valence-electron chi connectivity index (χ3n) is 4.59. The van der Waals surface area contributed by atoms with Gasteiger partial charge in [-0.05, 0) is 36.4 Å². The molecule has 0 amide bonds. The lowest BCUT2D eigenvalue weighted by atomic mass is 10.2. The van der Waals surface area contributed by atoms with Crippen LogP contribution >= 0.6 is 23.4 Å². The first kappa shape index (κ1) is 19.5. The quantitative estimate of drug-likeness (QED) is 0.302. The zero-order chi connectivity index (χ0) is 21.0. The summed E-state index contributed by atoms with van der Waals surface area (Å²) in [6.45, 7) is 0. The first-order valence-corrected chi connectivity index (χ1v) is 10.9. The van der Waals surface area contributed by atoms with Gasteiger partial charge in [-0.2, -0.15) is 0 Å². The second kappa shape index (κ2) is 8.75. The summed E-state index contributed by atoms with van der Waals surface area (Å²) in [5.74, 6) is 2.62. The number of rotatable bonds is 6. The average molecular weight is 446 g/mol. The molecule has 0 atom stereocenters. The van der Waals surface area contributed by atoms with Gasteiger partial charge in [-0.1, -0.05) is 53.7 Å². The van der Waals surface area contributed by atoms with Crippen LogP contribution in [0.25, 0.3) is 28.4 Å². The molecule has 2 aromatic carbocycles. The topological polar surface area (TPSA) is 69.6 Å². The lowest BCUT2D eigenvalue weighted by Gasteiger charge is -2.10. The number of aromatic nitrogens is 5. The number of benzene rings is 2. The Balaban J connectivity index is 1.45. The molecule has 0 spiro atoms. The molecule has 0 saturated heterocycles. The summed E-state index contributed by atoms with van der Waals surface area (Å²) >= 11 is 7.60. The van der Waals surface area contributed by atoms with Gasteiger partial charge in [0.1, 0.15) is 0 Å². The highest BCUT2D eigenvalue weighted by atomic mass is 35.5. The molecule has 3 aromatic heterocycles. The number of thioether (sulfide) groups is 1. The first-order chi connectivity index (χ1) is 15.3. The third-order valence-corrected chi connectivity index (χ3v) is 5.76. The number of halogens is 1. The molecule has 0 aliphatic heterocycles. The molecule has 0 radical (unpaired) electrons. The van der Waals surface area contributed by atoms with E-state index >= 15 is 0 Å². The van der Waals surface area contributed by atoms with E-state index in [1.165, 1.54) is 11.8 Å². The van der Waals surface area contributed by atoms with E-state index in [1.54, 1.807) is 18.6 Å². The van der Waals surface area contributed by atoms with Gasteiger partial charge in [-0.15, -0.1) is 10.2 Å². The maximum absolute atomic E-state index is 6.09. The van der Waals surface area contributed by atoms with Gasteiger partial charge in [0, 0.05) is 34.2 Å². The molecule has 0 unspecified atom stereocenters. The summed E-state index contributed by atoms with van der Waals surface area (Å²) in [4.78, 5) is 8.51. The highest BCUT2D eigenvalue weighted by Gasteiger charge is 2.17. The normalized spacial score (nSPS) is 11.0. The van der Waals surface area contributed by atoms with Crippen molar-refractivity contribution < 1.29 is 4.42 Å². The highest BCUT2D eigenvalue weighted by Crippen LogP contribution is 2.30. The zero-order valence-electron chi connectivity index (χ0n) is 16.2. The summed E-state index contributed by atoms with van der Waals surface area (Å²) < 4.78 is 7.93. The molecule has 6 nitrogen and oxygen atoms in total. The average Bonchev–Trinajstić information content (AvgIpc) is 3.47. The molecule has 3 heterocycles. The van der Waals surface area contributed by atoms with E-state index in [-0.39, 0.29) is 0 Å². The number of hydrogen-bond donors (Lipinski definition) is 0. The van der Waals surface area contributed by atoms with Gasteiger partial charge < -0.3 is 4.42 Å². The predicted molar refractivity (Wildman–Crippen MR) is 121 cm³/mol. The molecule has 0 aliphatic carbocycles. The fourth-order valence-corrected chi connectivity index (χ4v) is 4.05. The van der Waals surface area contributed by atoms with Crippen molar-refractivity contribution in [2.45, 2.75) is 10.9 Å². The van der Waals surface area contributed by atoms with Crippen molar-refractivity contribution in [3.05, 3.63) is 96.2 Å². The second-order valence-electron chi connectivity index (χ2n) is 6.63. The fraction of sp³-hybridized carbons (Fsp3) is 0.0435. The van der Waals surface area contributed by atoms with Crippen molar-refractivity contribution in [1.82, 2.24) is 24.7 Å². The van der Waals surface area contributed by atoms with Crippen LogP contribution in [-0.2, 0) is 5.75 Å². The van der Waals surface area contributed by atoms with E-state index in [9.17, 15) is 0 Å². The molecule has 0 aliphatic rings. The second-order valence-corrected chi connectivity index (χ2v) is 8.01. The van der Waals surface area contributed by atoms with Gasteiger partial charge in [0.2, 0.25) is 5.89 Å². The van der Waals surface area contributed by atoms with Gasteiger partial charge in [0.15, 0.2) is 16.7 Å². The van der Waals surface area contributed by atoms with Crippen LogP contribution in [0.1, 0.15) is 5.89 Å². The maximum atomic E-state index is 6.09. The molecule has 0 bridgehead atoms. The monoisotopic (exact) mass is 445 g/mol. The van der Waals surface area contributed by atoms with Crippen LogP contribution in [0.3, 0.4) is 0 Å². The lowest BCUT2D eigenvalue weighted by molar-refractivity contribution is 0.529. The van der Waals surface area contributed by atoms with Gasteiger partial charge in [0.25, 0.3) is 0 Å². The highest BCUT2D eigenvalue weighted by molar-refractivity contribution is 7.98. The predicted octanol–water partition coefficient (Wildman–Crippen LogP) is 5.93. The van der Waals surface area contributed by atoms with Crippen LogP contribution in [0.4, 0.5) is 0 Å². The van der Waals surface area contributed by atoms with Crippen LogP contribution in [0, 0.1) is 0 Å². The molecule has 5 aromatic rings. The van der Waals surface area contributed by atoms with E-state index in [1.807, 2.05) is 71.3 Å². The first-order valence-electron chi connectivity index (χ1n) is 9.52. The van der Waals surface area contributed by atoms with Crippen molar-refractivity contribution in [2.24, 2.45) is 0 Å². The molecule has 0 N–H and O–H groups in total. The van der Waals surface area contributed by atoms with E-state index in [0.717, 1.165) is 33.6 Å². The van der Waals surface area contributed by atoms with Gasteiger partial charge >= 0.3 is 0 Å². The smallest absolute Gasteiger partial charge is 0.205 e. The standard InChI is InChI=1S/C23H16ClN5OS/c24-18-6-8-19(9-7-18)29-22(17-10-12-25-13-11-17)27-28-23(29)31-15-21-26-14-20(30-21)16-4-2-1-3-5-16/h1-14H,15H2.